The molecule has 1 amide bonds. The van der Waals surface area contributed by atoms with E-state index in [1.165, 1.54) is 22.4 Å². The fraction of sp³-hybridized carbons (Fsp3) is 0.391. The molecular formula is C23H26N2OS. The summed E-state index contributed by atoms with van der Waals surface area (Å²) < 4.78 is 0. The molecule has 0 aromatic heterocycles. The van der Waals surface area contributed by atoms with E-state index >= 15 is 0 Å². The lowest BCUT2D eigenvalue weighted by Gasteiger charge is -2.26. The zero-order valence-corrected chi connectivity index (χ0v) is 16.9. The van der Waals surface area contributed by atoms with Crippen molar-refractivity contribution >= 4 is 29.1 Å². The summed E-state index contributed by atoms with van der Waals surface area (Å²) in [6.45, 7) is 6.06. The summed E-state index contributed by atoms with van der Waals surface area (Å²) in [7, 11) is 0. The molecule has 2 aromatic carbocycles. The van der Waals surface area contributed by atoms with Gasteiger partial charge in [-0.05, 0) is 62.9 Å². The fourth-order valence-electron chi connectivity index (χ4n) is 3.81. The third kappa shape index (κ3) is 3.81. The van der Waals surface area contributed by atoms with Crippen molar-refractivity contribution in [2.75, 3.05) is 13.1 Å². The van der Waals surface area contributed by atoms with Crippen molar-refractivity contribution in [1.82, 2.24) is 4.90 Å². The number of carbonyl (C=O) groups is 1. The van der Waals surface area contributed by atoms with Crippen molar-refractivity contribution in [2.24, 2.45) is 4.99 Å². The average Bonchev–Trinajstić information content (AvgIpc) is 2.84. The maximum Gasteiger partial charge on any atom is 0.253 e. The maximum absolute atomic E-state index is 12.9. The lowest BCUT2D eigenvalue weighted by molar-refractivity contribution is 0.0724. The van der Waals surface area contributed by atoms with Crippen LogP contribution >= 0.6 is 11.8 Å². The van der Waals surface area contributed by atoms with Gasteiger partial charge in [-0.25, -0.2) is 0 Å². The minimum atomic E-state index is 0.146. The Morgan fingerprint density at radius 2 is 1.85 bits per heavy atom. The highest BCUT2D eigenvalue weighted by molar-refractivity contribution is 7.99. The van der Waals surface area contributed by atoms with Gasteiger partial charge in [0.05, 0.1) is 5.69 Å². The van der Waals surface area contributed by atoms with E-state index in [9.17, 15) is 4.79 Å². The number of likely N-dealkylation sites (tertiary alicyclic amines) is 1. The van der Waals surface area contributed by atoms with Crippen molar-refractivity contribution in [3.05, 3.63) is 53.1 Å². The second-order valence-corrected chi connectivity index (χ2v) is 8.53. The van der Waals surface area contributed by atoms with Gasteiger partial charge in [-0.2, -0.15) is 0 Å². The van der Waals surface area contributed by atoms with E-state index in [0.29, 0.717) is 0 Å². The van der Waals surface area contributed by atoms with Crippen LogP contribution < -0.4 is 0 Å². The van der Waals surface area contributed by atoms with Crippen molar-refractivity contribution in [2.45, 2.75) is 55.7 Å². The van der Waals surface area contributed by atoms with Gasteiger partial charge in [0.2, 0.25) is 0 Å². The molecule has 4 heteroatoms. The van der Waals surface area contributed by atoms with Crippen molar-refractivity contribution in [3.8, 4) is 0 Å². The Bertz CT molecular complexity index is 897. The van der Waals surface area contributed by atoms with Crippen LogP contribution in [0.15, 0.2) is 51.2 Å². The first-order valence-electron chi connectivity index (χ1n) is 9.95. The summed E-state index contributed by atoms with van der Waals surface area (Å²) in [6, 6.07) is 12.6. The summed E-state index contributed by atoms with van der Waals surface area (Å²) in [5, 5.41) is 0. The molecule has 27 heavy (non-hydrogen) atoms. The van der Waals surface area contributed by atoms with Gasteiger partial charge in [0, 0.05) is 39.7 Å². The number of nitrogens with zero attached hydrogens (tertiary/aromatic N) is 2. The number of fused-ring (bicyclic) bond motifs is 2. The molecule has 2 aliphatic rings. The normalized spacial score (nSPS) is 16.2. The van der Waals surface area contributed by atoms with Crippen molar-refractivity contribution in [1.29, 1.82) is 0 Å². The van der Waals surface area contributed by atoms with Gasteiger partial charge in [-0.1, -0.05) is 36.7 Å². The third-order valence-corrected chi connectivity index (χ3v) is 6.40. The van der Waals surface area contributed by atoms with Gasteiger partial charge in [0.15, 0.2) is 0 Å². The monoisotopic (exact) mass is 378 g/mol. The number of aliphatic imine (C=N–C) groups is 1. The number of hydrogen-bond donors (Lipinski definition) is 0. The summed E-state index contributed by atoms with van der Waals surface area (Å²) in [5.41, 5.74) is 5.32. The first kappa shape index (κ1) is 18.3. The largest absolute Gasteiger partial charge is 0.339 e. The molecule has 4 rings (SSSR count). The SMILES string of the molecule is CCCC1=Nc2cc(C(=O)N3CCCCC3)ccc2Sc2ccc(C)cc21. The number of hydrogen-bond acceptors (Lipinski definition) is 3. The summed E-state index contributed by atoms with van der Waals surface area (Å²) >= 11 is 1.76. The van der Waals surface area contributed by atoms with Crippen LogP contribution in [0, 0.1) is 6.92 Å². The Morgan fingerprint density at radius 3 is 2.63 bits per heavy atom. The van der Waals surface area contributed by atoms with Crippen molar-refractivity contribution in [3.63, 3.8) is 0 Å². The molecule has 140 valence electrons. The first-order valence-corrected chi connectivity index (χ1v) is 10.8. The van der Waals surface area contributed by atoms with Gasteiger partial charge < -0.3 is 4.90 Å². The van der Waals surface area contributed by atoms with Crippen LogP contribution in [0.4, 0.5) is 5.69 Å². The quantitative estimate of drug-likeness (QED) is 0.655. The first-order chi connectivity index (χ1) is 13.2. The molecule has 2 heterocycles. The molecule has 0 N–H and O–H groups in total. The minimum absolute atomic E-state index is 0.146. The lowest BCUT2D eigenvalue weighted by atomic mass is 10.0. The summed E-state index contributed by atoms with van der Waals surface area (Å²) in [5.74, 6) is 0.146. The topological polar surface area (TPSA) is 32.7 Å². The van der Waals surface area contributed by atoms with E-state index < -0.39 is 0 Å². The van der Waals surface area contributed by atoms with Crippen LogP contribution in [-0.2, 0) is 0 Å². The van der Waals surface area contributed by atoms with Crippen LogP contribution in [0.5, 0.6) is 0 Å². The number of rotatable bonds is 3. The molecule has 2 aromatic rings. The molecule has 0 bridgehead atoms. The molecule has 0 unspecified atom stereocenters. The molecule has 0 spiro atoms. The summed E-state index contributed by atoms with van der Waals surface area (Å²) in [4.78, 5) is 22.3. The van der Waals surface area contributed by atoms with Gasteiger partial charge in [0.25, 0.3) is 5.91 Å². The predicted octanol–water partition coefficient (Wildman–Crippen LogP) is 6.01. The average molecular weight is 379 g/mol. The summed E-state index contributed by atoms with van der Waals surface area (Å²) in [6.07, 6.45) is 5.45. The second kappa shape index (κ2) is 7.89. The zero-order valence-electron chi connectivity index (χ0n) is 16.1. The third-order valence-electron chi connectivity index (χ3n) is 5.26. The number of aryl methyl sites for hydroxylation is 1. The zero-order chi connectivity index (χ0) is 18.8. The minimum Gasteiger partial charge on any atom is -0.339 e. The Morgan fingerprint density at radius 1 is 1.07 bits per heavy atom. The molecule has 0 aliphatic carbocycles. The number of amides is 1. The maximum atomic E-state index is 12.9. The predicted molar refractivity (Wildman–Crippen MR) is 113 cm³/mol. The Kier molecular flexibility index (Phi) is 5.35. The van der Waals surface area contributed by atoms with E-state index in [-0.39, 0.29) is 5.91 Å². The van der Waals surface area contributed by atoms with Gasteiger partial charge in [-0.15, -0.1) is 0 Å². The van der Waals surface area contributed by atoms with Gasteiger partial charge in [-0.3, -0.25) is 9.79 Å². The Hall–Kier alpha value is -2.07. The fourth-order valence-corrected chi connectivity index (χ4v) is 4.82. The van der Waals surface area contributed by atoms with Crippen LogP contribution in [0.2, 0.25) is 0 Å². The molecule has 3 nitrogen and oxygen atoms in total. The van der Waals surface area contributed by atoms with Gasteiger partial charge >= 0.3 is 0 Å². The highest BCUT2D eigenvalue weighted by Crippen LogP contribution is 2.41. The number of carbonyl (C=O) groups excluding carboxylic acids is 1. The van der Waals surface area contributed by atoms with Gasteiger partial charge in [0.1, 0.15) is 0 Å². The number of piperidine rings is 1. The van der Waals surface area contributed by atoms with E-state index in [4.69, 9.17) is 4.99 Å². The molecule has 1 fully saturated rings. The molecule has 0 atom stereocenters. The molecule has 0 saturated carbocycles. The number of benzene rings is 2. The van der Waals surface area contributed by atoms with Crippen LogP contribution in [0.1, 0.15) is 60.5 Å². The van der Waals surface area contributed by atoms with E-state index in [1.54, 1.807) is 11.8 Å². The van der Waals surface area contributed by atoms with Crippen LogP contribution in [0.3, 0.4) is 0 Å². The molecule has 1 saturated heterocycles. The van der Waals surface area contributed by atoms with E-state index in [0.717, 1.165) is 60.6 Å². The van der Waals surface area contributed by atoms with E-state index in [1.807, 2.05) is 17.0 Å². The second-order valence-electron chi connectivity index (χ2n) is 7.45. The standard InChI is InChI=1S/C23H26N2OS/c1-3-7-19-18-14-16(2)8-10-21(18)27-22-11-9-17(15-20(22)24-19)23(26)25-12-5-4-6-13-25/h8-11,14-15H,3-7,12-13H2,1-2H3. The lowest BCUT2D eigenvalue weighted by Crippen LogP contribution is -2.35. The highest BCUT2D eigenvalue weighted by Gasteiger charge is 2.22. The van der Waals surface area contributed by atoms with E-state index in [2.05, 4.69) is 38.1 Å². The smallest absolute Gasteiger partial charge is 0.253 e. The van der Waals surface area contributed by atoms with Crippen LogP contribution in [-0.4, -0.2) is 29.6 Å². The molecule has 0 radical (unpaired) electrons. The Labute approximate surface area is 165 Å². The molecular weight excluding hydrogens is 352 g/mol. The molecule has 2 aliphatic heterocycles. The van der Waals surface area contributed by atoms with Crippen molar-refractivity contribution < 1.29 is 4.79 Å². The Balaban J connectivity index is 1.73. The van der Waals surface area contributed by atoms with Crippen LogP contribution in [0.25, 0.3) is 0 Å². The highest BCUT2D eigenvalue weighted by atomic mass is 32.2.